The standard InChI is InChI=1S/C16H30N2O2/c1-11-12(6-8-19-11)9-18-10-16(17)13-5-4-7-20-14(13)15(16,2)3/h11-14,18H,4-10,17H2,1-3H3. The van der Waals surface area contributed by atoms with Gasteiger partial charge in [0.25, 0.3) is 0 Å². The van der Waals surface area contributed by atoms with E-state index in [2.05, 4.69) is 26.1 Å². The van der Waals surface area contributed by atoms with Gasteiger partial charge in [0.2, 0.25) is 0 Å². The molecule has 4 nitrogen and oxygen atoms in total. The Bertz CT molecular complexity index is 360. The molecule has 0 amide bonds. The van der Waals surface area contributed by atoms with Crippen molar-refractivity contribution in [3.8, 4) is 0 Å². The van der Waals surface area contributed by atoms with Crippen LogP contribution in [-0.2, 0) is 9.47 Å². The first-order chi connectivity index (χ1) is 9.47. The Hall–Kier alpha value is -0.160. The van der Waals surface area contributed by atoms with Crippen molar-refractivity contribution in [3.63, 3.8) is 0 Å². The van der Waals surface area contributed by atoms with E-state index < -0.39 is 0 Å². The molecule has 0 bridgehead atoms. The summed E-state index contributed by atoms with van der Waals surface area (Å²) >= 11 is 0. The highest BCUT2D eigenvalue weighted by Crippen LogP contribution is 2.56. The smallest absolute Gasteiger partial charge is 0.0690 e. The molecule has 2 heterocycles. The highest BCUT2D eigenvalue weighted by molar-refractivity contribution is 5.20. The average molecular weight is 282 g/mol. The quantitative estimate of drug-likeness (QED) is 0.821. The van der Waals surface area contributed by atoms with Gasteiger partial charge in [0.1, 0.15) is 0 Å². The summed E-state index contributed by atoms with van der Waals surface area (Å²) in [5.41, 5.74) is 6.73. The highest BCUT2D eigenvalue weighted by atomic mass is 16.5. The molecule has 5 unspecified atom stereocenters. The molecular formula is C16H30N2O2. The summed E-state index contributed by atoms with van der Waals surface area (Å²) in [6, 6.07) is 0. The lowest BCUT2D eigenvalue weighted by molar-refractivity contribution is -0.225. The third kappa shape index (κ3) is 2.12. The first kappa shape index (κ1) is 14.8. The summed E-state index contributed by atoms with van der Waals surface area (Å²) < 4.78 is 11.6. The number of fused-ring (bicyclic) bond motifs is 1. The molecule has 0 radical (unpaired) electrons. The van der Waals surface area contributed by atoms with Gasteiger partial charge in [-0.3, -0.25) is 0 Å². The fourth-order valence-corrected chi connectivity index (χ4v) is 4.53. The molecular weight excluding hydrogens is 252 g/mol. The normalized spacial score (nSPS) is 46.8. The Morgan fingerprint density at radius 3 is 2.70 bits per heavy atom. The van der Waals surface area contributed by atoms with Gasteiger partial charge in [-0.2, -0.15) is 0 Å². The van der Waals surface area contributed by atoms with Crippen LogP contribution < -0.4 is 11.1 Å². The Kier molecular flexibility index (Phi) is 3.87. The van der Waals surface area contributed by atoms with Gasteiger partial charge in [-0.1, -0.05) is 13.8 Å². The van der Waals surface area contributed by atoms with Gasteiger partial charge in [0.05, 0.1) is 12.2 Å². The minimum atomic E-state index is -0.124. The molecule has 0 aromatic heterocycles. The van der Waals surface area contributed by atoms with Crippen LogP contribution in [0.4, 0.5) is 0 Å². The summed E-state index contributed by atoms with van der Waals surface area (Å²) in [5, 5.41) is 3.63. The summed E-state index contributed by atoms with van der Waals surface area (Å²) in [5.74, 6) is 1.16. The zero-order chi connectivity index (χ0) is 14.4. The lowest BCUT2D eigenvalue weighted by atomic mass is 9.46. The first-order valence-corrected chi connectivity index (χ1v) is 8.19. The Morgan fingerprint density at radius 1 is 1.20 bits per heavy atom. The fraction of sp³-hybridized carbons (Fsp3) is 1.00. The molecule has 5 atom stereocenters. The van der Waals surface area contributed by atoms with Crippen LogP contribution in [0.1, 0.15) is 40.0 Å². The van der Waals surface area contributed by atoms with Crippen LogP contribution in [0.2, 0.25) is 0 Å². The fourth-order valence-electron chi connectivity index (χ4n) is 4.53. The van der Waals surface area contributed by atoms with Crippen molar-refractivity contribution in [3.05, 3.63) is 0 Å². The number of ether oxygens (including phenoxy) is 2. The summed E-state index contributed by atoms with van der Waals surface area (Å²) in [7, 11) is 0. The Labute approximate surface area is 122 Å². The summed E-state index contributed by atoms with van der Waals surface area (Å²) in [4.78, 5) is 0. The molecule has 0 aromatic rings. The lowest BCUT2D eigenvalue weighted by Gasteiger charge is -2.66. The second kappa shape index (κ2) is 5.24. The molecule has 20 heavy (non-hydrogen) atoms. The topological polar surface area (TPSA) is 56.5 Å². The highest BCUT2D eigenvalue weighted by Gasteiger charge is 2.66. The molecule has 3 aliphatic rings. The van der Waals surface area contributed by atoms with Crippen molar-refractivity contribution in [1.82, 2.24) is 5.32 Å². The van der Waals surface area contributed by atoms with E-state index in [1.165, 1.54) is 12.8 Å². The maximum absolute atomic E-state index is 6.78. The number of hydrogen-bond donors (Lipinski definition) is 2. The number of nitrogens with one attached hydrogen (secondary N) is 1. The van der Waals surface area contributed by atoms with Crippen molar-refractivity contribution in [2.24, 2.45) is 23.0 Å². The van der Waals surface area contributed by atoms with Crippen LogP contribution >= 0.6 is 0 Å². The van der Waals surface area contributed by atoms with Gasteiger partial charge in [0.15, 0.2) is 0 Å². The molecule has 0 aromatic carbocycles. The van der Waals surface area contributed by atoms with Gasteiger partial charge in [-0.15, -0.1) is 0 Å². The van der Waals surface area contributed by atoms with E-state index in [4.69, 9.17) is 15.2 Å². The Morgan fingerprint density at radius 2 is 2.00 bits per heavy atom. The van der Waals surface area contributed by atoms with Crippen LogP contribution in [-0.4, -0.2) is 44.1 Å². The predicted octanol–water partition coefficient (Wildman–Crippen LogP) is 1.53. The van der Waals surface area contributed by atoms with Crippen LogP contribution in [0.25, 0.3) is 0 Å². The van der Waals surface area contributed by atoms with Crippen LogP contribution in [0, 0.1) is 17.3 Å². The van der Waals surface area contributed by atoms with Gasteiger partial charge in [0, 0.05) is 43.2 Å². The van der Waals surface area contributed by atoms with E-state index >= 15 is 0 Å². The molecule has 2 saturated heterocycles. The zero-order valence-electron chi connectivity index (χ0n) is 13.2. The molecule has 116 valence electrons. The van der Waals surface area contributed by atoms with E-state index in [0.717, 1.165) is 32.7 Å². The van der Waals surface area contributed by atoms with Gasteiger partial charge in [-0.05, 0) is 32.1 Å². The number of hydrogen-bond acceptors (Lipinski definition) is 4. The lowest BCUT2D eigenvalue weighted by Crippen LogP contribution is -2.80. The Balaban J connectivity index is 1.55. The number of nitrogens with two attached hydrogens (primary N) is 1. The molecule has 3 rings (SSSR count). The van der Waals surface area contributed by atoms with E-state index in [1.54, 1.807) is 0 Å². The van der Waals surface area contributed by atoms with Gasteiger partial charge in [-0.25, -0.2) is 0 Å². The molecule has 2 aliphatic heterocycles. The third-order valence-corrected chi connectivity index (χ3v) is 6.25. The van der Waals surface area contributed by atoms with Crippen molar-refractivity contribution >= 4 is 0 Å². The zero-order valence-corrected chi connectivity index (χ0v) is 13.2. The summed E-state index contributed by atoms with van der Waals surface area (Å²) in [6.45, 7) is 10.4. The SMILES string of the molecule is CC1OCCC1CNCC1(N)C2CCCOC2C1(C)C. The second-order valence-electron chi connectivity index (χ2n) is 7.56. The van der Waals surface area contributed by atoms with E-state index in [1.807, 2.05) is 0 Å². The molecule has 3 N–H and O–H groups in total. The van der Waals surface area contributed by atoms with Crippen LogP contribution in [0.5, 0.6) is 0 Å². The van der Waals surface area contributed by atoms with E-state index in [9.17, 15) is 0 Å². The maximum atomic E-state index is 6.78. The maximum Gasteiger partial charge on any atom is 0.0690 e. The van der Waals surface area contributed by atoms with Crippen molar-refractivity contribution < 1.29 is 9.47 Å². The second-order valence-corrected chi connectivity index (χ2v) is 7.56. The molecule has 1 aliphatic carbocycles. The molecule has 4 heteroatoms. The third-order valence-electron chi connectivity index (χ3n) is 6.25. The van der Waals surface area contributed by atoms with Crippen LogP contribution in [0.15, 0.2) is 0 Å². The van der Waals surface area contributed by atoms with E-state index in [0.29, 0.717) is 24.0 Å². The van der Waals surface area contributed by atoms with Gasteiger partial charge >= 0.3 is 0 Å². The summed E-state index contributed by atoms with van der Waals surface area (Å²) in [6.07, 6.45) is 4.29. The number of rotatable bonds is 4. The average Bonchev–Trinajstić information content (AvgIpc) is 2.84. The van der Waals surface area contributed by atoms with Crippen molar-refractivity contribution in [2.45, 2.75) is 57.8 Å². The van der Waals surface area contributed by atoms with Crippen LogP contribution in [0.3, 0.4) is 0 Å². The molecule has 3 fully saturated rings. The minimum Gasteiger partial charge on any atom is -0.378 e. The predicted molar refractivity (Wildman–Crippen MR) is 79.6 cm³/mol. The minimum absolute atomic E-state index is 0.0723. The molecule has 0 spiro atoms. The molecule has 1 saturated carbocycles. The van der Waals surface area contributed by atoms with Crippen molar-refractivity contribution in [2.75, 3.05) is 26.3 Å². The largest absolute Gasteiger partial charge is 0.378 e. The monoisotopic (exact) mass is 282 g/mol. The van der Waals surface area contributed by atoms with Crippen molar-refractivity contribution in [1.29, 1.82) is 0 Å². The van der Waals surface area contributed by atoms with Gasteiger partial charge < -0.3 is 20.5 Å². The first-order valence-electron chi connectivity index (χ1n) is 8.19. The van der Waals surface area contributed by atoms with E-state index in [-0.39, 0.29) is 11.0 Å².